The summed E-state index contributed by atoms with van der Waals surface area (Å²) in [6, 6.07) is 16.4. The Morgan fingerprint density at radius 2 is 1.89 bits per heavy atom. The largest absolute Gasteiger partial charge is 0.497 e. The van der Waals surface area contributed by atoms with Gasteiger partial charge in [0.1, 0.15) is 18.4 Å². The van der Waals surface area contributed by atoms with E-state index in [2.05, 4.69) is 51.9 Å². The summed E-state index contributed by atoms with van der Waals surface area (Å²) in [5.74, 6) is 1.65. The third-order valence-corrected chi connectivity index (χ3v) is 4.19. The summed E-state index contributed by atoms with van der Waals surface area (Å²) in [5.41, 5.74) is 3.50. The van der Waals surface area contributed by atoms with Gasteiger partial charge >= 0.3 is 0 Å². The monoisotopic (exact) mass is 378 g/mol. The zero-order valence-corrected chi connectivity index (χ0v) is 16.3. The van der Waals surface area contributed by atoms with Crippen molar-refractivity contribution in [2.24, 2.45) is 4.99 Å². The van der Waals surface area contributed by atoms with Crippen LogP contribution in [0, 0.1) is 0 Å². The molecule has 0 spiro atoms. The number of aromatic nitrogens is 3. The van der Waals surface area contributed by atoms with Crippen LogP contribution in [-0.4, -0.2) is 34.4 Å². The normalized spacial score (nSPS) is 11.3. The summed E-state index contributed by atoms with van der Waals surface area (Å²) in [7, 11) is 1.67. The van der Waals surface area contributed by atoms with E-state index < -0.39 is 0 Å². The SMILES string of the molecule is CCNC(=NCc1cccc(Cn2cncn2)c1)NCc1ccc(OC)cc1. The molecular formula is C21H26N6O. The summed E-state index contributed by atoms with van der Waals surface area (Å²) >= 11 is 0. The lowest BCUT2D eigenvalue weighted by atomic mass is 10.1. The van der Waals surface area contributed by atoms with Gasteiger partial charge in [0.15, 0.2) is 5.96 Å². The Kier molecular flexibility index (Phi) is 7.01. The van der Waals surface area contributed by atoms with Crippen molar-refractivity contribution in [1.29, 1.82) is 0 Å². The van der Waals surface area contributed by atoms with Gasteiger partial charge in [0, 0.05) is 13.1 Å². The molecule has 3 rings (SSSR count). The third-order valence-electron chi connectivity index (χ3n) is 4.19. The first kappa shape index (κ1) is 19.4. The highest BCUT2D eigenvalue weighted by atomic mass is 16.5. The molecule has 0 saturated heterocycles. The van der Waals surface area contributed by atoms with Gasteiger partial charge in [0.25, 0.3) is 0 Å². The second-order valence-electron chi connectivity index (χ2n) is 6.31. The minimum Gasteiger partial charge on any atom is -0.497 e. The van der Waals surface area contributed by atoms with E-state index in [1.807, 2.05) is 28.9 Å². The predicted octanol–water partition coefficient (Wildman–Crippen LogP) is 2.59. The molecule has 0 unspecified atom stereocenters. The maximum atomic E-state index is 5.20. The fraction of sp³-hybridized carbons (Fsp3) is 0.286. The minimum absolute atomic E-state index is 0.600. The predicted molar refractivity (Wildman–Crippen MR) is 110 cm³/mol. The number of rotatable bonds is 8. The maximum Gasteiger partial charge on any atom is 0.191 e. The average molecular weight is 378 g/mol. The smallest absolute Gasteiger partial charge is 0.191 e. The number of guanidine groups is 1. The molecule has 0 amide bonds. The summed E-state index contributed by atoms with van der Waals surface area (Å²) in [5, 5.41) is 10.8. The fourth-order valence-corrected chi connectivity index (χ4v) is 2.77. The maximum absolute atomic E-state index is 5.20. The Balaban J connectivity index is 1.60. The molecule has 0 bridgehead atoms. The van der Waals surface area contributed by atoms with Crippen molar-refractivity contribution in [3.05, 3.63) is 77.9 Å². The number of hydrogen-bond donors (Lipinski definition) is 2. The summed E-state index contributed by atoms with van der Waals surface area (Å²) < 4.78 is 7.01. The molecule has 146 valence electrons. The Morgan fingerprint density at radius 1 is 1.07 bits per heavy atom. The molecule has 0 fully saturated rings. The number of nitrogens with zero attached hydrogens (tertiary/aromatic N) is 4. The van der Waals surface area contributed by atoms with Gasteiger partial charge in [-0.3, -0.25) is 0 Å². The summed E-state index contributed by atoms with van der Waals surface area (Å²) in [4.78, 5) is 8.69. The van der Waals surface area contributed by atoms with E-state index in [1.54, 1.807) is 19.8 Å². The third kappa shape index (κ3) is 5.84. The molecule has 7 heteroatoms. The van der Waals surface area contributed by atoms with Crippen molar-refractivity contribution in [2.75, 3.05) is 13.7 Å². The van der Waals surface area contributed by atoms with Gasteiger partial charge in [-0.05, 0) is 35.7 Å². The molecule has 7 nitrogen and oxygen atoms in total. The quantitative estimate of drug-likeness (QED) is 0.465. The average Bonchev–Trinajstić information content (AvgIpc) is 3.24. The molecule has 1 aromatic heterocycles. The van der Waals surface area contributed by atoms with Gasteiger partial charge < -0.3 is 15.4 Å². The highest BCUT2D eigenvalue weighted by molar-refractivity contribution is 5.79. The second kappa shape index (κ2) is 10.1. The van der Waals surface area contributed by atoms with Crippen molar-refractivity contribution in [3.63, 3.8) is 0 Å². The summed E-state index contributed by atoms with van der Waals surface area (Å²) in [6.07, 6.45) is 3.27. The van der Waals surface area contributed by atoms with Crippen LogP contribution in [0.25, 0.3) is 0 Å². The molecule has 0 aliphatic carbocycles. The molecule has 0 aliphatic heterocycles. The number of aliphatic imine (C=N–C) groups is 1. The van der Waals surface area contributed by atoms with Gasteiger partial charge in [-0.15, -0.1) is 0 Å². The zero-order chi connectivity index (χ0) is 19.6. The highest BCUT2D eigenvalue weighted by Gasteiger charge is 2.01. The van der Waals surface area contributed by atoms with E-state index in [-0.39, 0.29) is 0 Å². The molecule has 0 saturated carbocycles. The van der Waals surface area contributed by atoms with Crippen molar-refractivity contribution < 1.29 is 4.74 Å². The summed E-state index contributed by atoms with van der Waals surface area (Å²) in [6.45, 7) is 4.86. The number of ether oxygens (including phenoxy) is 1. The first-order valence-corrected chi connectivity index (χ1v) is 9.32. The minimum atomic E-state index is 0.600. The molecule has 0 aliphatic rings. The van der Waals surface area contributed by atoms with Crippen LogP contribution in [0.4, 0.5) is 0 Å². The van der Waals surface area contributed by atoms with Gasteiger partial charge in [-0.1, -0.05) is 36.4 Å². The van der Waals surface area contributed by atoms with E-state index in [1.165, 1.54) is 11.1 Å². The van der Waals surface area contributed by atoms with Gasteiger partial charge in [-0.2, -0.15) is 5.10 Å². The number of benzene rings is 2. The van der Waals surface area contributed by atoms with Crippen LogP contribution >= 0.6 is 0 Å². The highest BCUT2D eigenvalue weighted by Crippen LogP contribution is 2.11. The Labute approximate surface area is 165 Å². The van der Waals surface area contributed by atoms with E-state index in [9.17, 15) is 0 Å². The van der Waals surface area contributed by atoms with Crippen molar-refractivity contribution in [2.45, 2.75) is 26.6 Å². The topological polar surface area (TPSA) is 76.4 Å². The van der Waals surface area contributed by atoms with Crippen LogP contribution in [0.2, 0.25) is 0 Å². The lowest BCUT2D eigenvalue weighted by Crippen LogP contribution is -2.36. The molecule has 1 heterocycles. The van der Waals surface area contributed by atoms with E-state index in [0.717, 1.165) is 23.8 Å². The number of hydrogen-bond acceptors (Lipinski definition) is 4. The van der Waals surface area contributed by atoms with Crippen molar-refractivity contribution in [1.82, 2.24) is 25.4 Å². The van der Waals surface area contributed by atoms with Crippen LogP contribution in [0.1, 0.15) is 23.6 Å². The van der Waals surface area contributed by atoms with Gasteiger partial charge in [0.05, 0.1) is 20.2 Å². The van der Waals surface area contributed by atoms with E-state index in [0.29, 0.717) is 19.6 Å². The van der Waals surface area contributed by atoms with E-state index >= 15 is 0 Å². The molecule has 0 atom stereocenters. The van der Waals surface area contributed by atoms with Crippen LogP contribution in [0.5, 0.6) is 5.75 Å². The lowest BCUT2D eigenvalue weighted by molar-refractivity contribution is 0.414. The molecular weight excluding hydrogens is 352 g/mol. The zero-order valence-electron chi connectivity index (χ0n) is 16.3. The van der Waals surface area contributed by atoms with Gasteiger partial charge in [-0.25, -0.2) is 14.7 Å². The Hall–Kier alpha value is -3.35. The molecule has 2 N–H and O–H groups in total. The second-order valence-corrected chi connectivity index (χ2v) is 6.31. The molecule has 2 aromatic carbocycles. The molecule has 3 aromatic rings. The van der Waals surface area contributed by atoms with E-state index in [4.69, 9.17) is 9.73 Å². The Morgan fingerprint density at radius 3 is 2.61 bits per heavy atom. The molecule has 0 radical (unpaired) electrons. The van der Waals surface area contributed by atoms with Crippen molar-refractivity contribution >= 4 is 5.96 Å². The van der Waals surface area contributed by atoms with Crippen LogP contribution < -0.4 is 15.4 Å². The van der Waals surface area contributed by atoms with Gasteiger partial charge in [0.2, 0.25) is 0 Å². The lowest BCUT2D eigenvalue weighted by Gasteiger charge is -2.12. The first-order valence-electron chi connectivity index (χ1n) is 9.32. The molecule has 28 heavy (non-hydrogen) atoms. The standard InChI is InChI=1S/C21H26N6O/c1-3-23-21(24-12-17-7-9-20(28-2)10-8-17)25-13-18-5-4-6-19(11-18)14-27-16-22-15-26-27/h4-11,15-16H,3,12-14H2,1-2H3,(H2,23,24,25). The number of nitrogens with one attached hydrogen (secondary N) is 2. The number of methoxy groups -OCH3 is 1. The van der Waals surface area contributed by atoms with Crippen molar-refractivity contribution in [3.8, 4) is 5.75 Å². The Bertz CT molecular complexity index is 874. The van der Waals surface area contributed by atoms with Crippen LogP contribution in [-0.2, 0) is 19.6 Å². The van der Waals surface area contributed by atoms with Crippen LogP contribution in [0.15, 0.2) is 66.2 Å². The fourth-order valence-electron chi connectivity index (χ4n) is 2.77. The van der Waals surface area contributed by atoms with Crippen LogP contribution in [0.3, 0.4) is 0 Å². The first-order chi connectivity index (χ1) is 13.8.